The van der Waals surface area contributed by atoms with Crippen LogP contribution in [0.25, 0.3) is 0 Å². The van der Waals surface area contributed by atoms with E-state index in [-0.39, 0.29) is 12.0 Å². The Morgan fingerprint density at radius 3 is 2.09 bits per heavy atom. The lowest BCUT2D eigenvalue weighted by Gasteiger charge is -2.18. The minimum Gasteiger partial charge on any atom is -0.454 e. The zero-order valence-corrected chi connectivity index (χ0v) is 13.3. The highest BCUT2D eigenvalue weighted by atomic mass is 16.5. The van der Waals surface area contributed by atoms with Gasteiger partial charge in [0.1, 0.15) is 6.04 Å². The molecule has 9 nitrogen and oxygen atoms in total. The second kappa shape index (κ2) is 9.59. The van der Waals surface area contributed by atoms with E-state index in [2.05, 4.69) is 10.6 Å². The summed E-state index contributed by atoms with van der Waals surface area (Å²) < 4.78 is 4.77. The molecule has 0 aromatic carbocycles. The fraction of sp³-hybridized carbons (Fsp3) is 0.692. The van der Waals surface area contributed by atoms with Crippen molar-refractivity contribution in [3.8, 4) is 0 Å². The van der Waals surface area contributed by atoms with Crippen LogP contribution in [0, 0.1) is 5.92 Å². The molecule has 0 radical (unpaired) electrons. The summed E-state index contributed by atoms with van der Waals surface area (Å²) in [6, 6.07) is -2.60. The smallest absolute Gasteiger partial charge is 0.329 e. The van der Waals surface area contributed by atoms with E-state index in [4.69, 9.17) is 10.5 Å². The molecule has 5 N–H and O–H groups in total. The summed E-state index contributed by atoms with van der Waals surface area (Å²) in [5, 5.41) is 6.72. The predicted octanol–water partition coefficient (Wildman–Crippen LogP) is -0.153. The number of amides is 5. The monoisotopic (exact) mass is 316 g/mol. The topological polar surface area (TPSA) is 140 Å². The second-order valence-electron chi connectivity index (χ2n) is 5.47. The Morgan fingerprint density at radius 1 is 1.05 bits per heavy atom. The van der Waals surface area contributed by atoms with Gasteiger partial charge in [0, 0.05) is 6.04 Å². The molecule has 1 unspecified atom stereocenters. The van der Waals surface area contributed by atoms with Crippen LogP contribution >= 0.6 is 0 Å². The lowest BCUT2D eigenvalue weighted by molar-refractivity contribution is -0.150. The lowest BCUT2D eigenvalue weighted by Crippen LogP contribution is -2.47. The molecular formula is C13H24N4O5. The number of primary amides is 1. The Morgan fingerprint density at radius 2 is 1.64 bits per heavy atom. The van der Waals surface area contributed by atoms with Crippen molar-refractivity contribution in [3.05, 3.63) is 0 Å². The molecule has 0 saturated heterocycles. The summed E-state index contributed by atoms with van der Waals surface area (Å²) in [5.74, 6) is -1.45. The van der Waals surface area contributed by atoms with Crippen molar-refractivity contribution in [1.29, 1.82) is 0 Å². The Kier molecular flexibility index (Phi) is 8.58. The molecule has 0 aliphatic carbocycles. The Labute approximate surface area is 129 Å². The lowest BCUT2D eigenvalue weighted by atomic mass is 10.0. The summed E-state index contributed by atoms with van der Waals surface area (Å²) in [7, 11) is 0. The second-order valence-corrected chi connectivity index (χ2v) is 5.47. The Balaban J connectivity index is 4.34. The molecule has 0 rings (SSSR count). The van der Waals surface area contributed by atoms with Gasteiger partial charge >= 0.3 is 18.0 Å². The first kappa shape index (κ1) is 19.7. The van der Waals surface area contributed by atoms with Crippen molar-refractivity contribution in [2.24, 2.45) is 11.7 Å². The molecule has 1 atom stereocenters. The molecule has 22 heavy (non-hydrogen) atoms. The van der Waals surface area contributed by atoms with Crippen molar-refractivity contribution in [3.63, 3.8) is 0 Å². The zero-order chi connectivity index (χ0) is 17.3. The molecule has 0 aromatic heterocycles. The molecule has 0 spiro atoms. The van der Waals surface area contributed by atoms with Gasteiger partial charge < -0.3 is 21.1 Å². The first-order valence-electron chi connectivity index (χ1n) is 6.94. The van der Waals surface area contributed by atoms with Crippen LogP contribution in [0.15, 0.2) is 0 Å². The number of rotatable bonds is 7. The van der Waals surface area contributed by atoms with E-state index in [0.717, 1.165) is 0 Å². The van der Waals surface area contributed by atoms with Gasteiger partial charge in [-0.2, -0.15) is 0 Å². The standard InChI is InChI=1S/C13H24N4O5/c1-7(2)5-9(16-12(14)20)11(19)22-6-10(18)17-13(21)15-8(3)4/h7-9H,5-6H2,1-4H3,(H3,14,16,20)(H2,15,17,18,21). The third-order valence-corrected chi connectivity index (χ3v) is 2.33. The predicted molar refractivity (Wildman–Crippen MR) is 78.7 cm³/mol. The van der Waals surface area contributed by atoms with Crippen molar-refractivity contribution >= 4 is 23.9 Å². The van der Waals surface area contributed by atoms with Crippen molar-refractivity contribution in [2.75, 3.05) is 6.61 Å². The van der Waals surface area contributed by atoms with Crippen LogP contribution in [0.5, 0.6) is 0 Å². The quantitative estimate of drug-likeness (QED) is 0.483. The van der Waals surface area contributed by atoms with E-state index in [9.17, 15) is 19.2 Å². The molecule has 5 amide bonds. The summed E-state index contributed by atoms with van der Waals surface area (Å²) in [4.78, 5) is 45.4. The highest BCUT2D eigenvalue weighted by molar-refractivity contribution is 5.95. The molecule has 0 aliphatic heterocycles. The highest BCUT2D eigenvalue weighted by Crippen LogP contribution is 2.06. The molecule has 126 valence electrons. The number of nitrogens with one attached hydrogen (secondary N) is 3. The first-order chi connectivity index (χ1) is 10.1. The molecule has 0 heterocycles. The Hall–Kier alpha value is -2.32. The molecule has 0 bridgehead atoms. The number of nitrogens with two attached hydrogens (primary N) is 1. The molecule has 9 heteroatoms. The molecule has 0 saturated carbocycles. The van der Waals surface area contributed by atoms with E-state index in [1.54, 1.807) is 13.8 Å². The molecule has 0 aliphatic rings. The summed E-state index contributed by atoms with van der Waals surface area (Å²) in [6.07, 6.45) is 0.317. The average molecular weight is 316 g/mol. The molecular weight excluding hydrogens is 292 g/mol. The van der Waals surface area contributed by atoms with Crippen LogP contribution in [0.4, 0.5) is 9.59 Å². The number of ether oxygens (including phenoxy) is 1. The van der Waals surface area contributed by atoms with E-state index in [1.165, 1.54) is 0 Å². The van der Waals surface area contributed by atoms with E-state index in [1.807, 2.05) is 19.2 Å². The third kappa shape index (κ3) is 9.56. The SMILES string of the molecule is CC(C)CC(NC(N)=O)C(=O)OCC(=O)NC(=O)NC(C)C. The van der Waals surface area contributed by atoms with Crippen LogP contribution < -0.4 is 21.7 Å². The minimum absolute atomic E-state index is 0.107. The van der Waals surface area contributed by atoms with Gasteiger partial charge in [0.05, 0.1) is 0 Å². The van der Waals surface area contributed by atoms with Crippen molar-refractivity contribution in [2.45, 2.75) is 46.2 Å². The summed E-state index contributed by atoms with van der Waals surface area (Å²) in [5.41, 5.74) is 4.99. The van der Waals surface area contributed by atoms with Gasteiger partial charge in [-0.1, -0.05) is 13.8 Å². The van der Waals surface area contributed by atoms with E-state index >= 15 is 0 Å². The average Bonchev–Trinajstić information content (AvgIpc) is 2.32. The number of carbonyl (C=O) groups is 4. The van der Waals surface area contributed by atoms with Gasteiger partial charge in [-0.3, -0.25) is 10.1 Å². The van der Waals surface area contributed by atoms with Gasteiger partial charge in [-0.15, -0.1) is 0 Å². The number of imide groups is 1. The minimum atomic E-state index is -0.935. The van der Waals surface area contributed by atoms with Crippen LogP contribution in [0.2, 0.25) is 0 Å². The van der Waals surface area contributed by atoms with Crippen molar-refractivity contribution < 1.29 is 23.9 Å². The van der Waals surface area contributed by atoms with Crippen LogP contribution in [-0.4, -0.2) is 42.6 Å². The normalized spacial score (nSPS) is 11.7. The number of esters is 1. The number of urea groups is 2. The molecule has 0 aromatic rings. The maximum absolute atomic E-state index is 11.8. The van der Waals surface area contributed by atoms with E-state index in [0.29, 0.717) is 6.42 Å². The maximum Gasteiger partial charge on any atom is 0.329 e. The van der Waals surface area contributed by atoms with Crippen LogP contribution in [0.1, 0.15) is 34.1 Å². The summed E-state index contributed by atoms with van der Waals surface area (Å²) >= 11 is 0. The number of hydrogen-bond donors (Lipinski definition) is 4. The van der Waals surface area contributed by atoms with Crippen LogP contribution in [0.3, 0.4) is 0 Å². The van der Waals surface area contributed by atoms with Gasteiger partial charge in [-0.25, -0.2) is 14.4 Å². The highest BCUT2D eigenvalue weighted by Gasteiger charge is 2.23. The largest absolute Gasteiger partial charge is 0.454 e. The fourth-order valence-corrected chi connectivity index (χ4v) is 1.56. The van der Waals surface area contributed by atoms with E-state index < -0.39 is 36.6 Å². The number of carbonyl (C=O) groups excluding carboxylic acids is 4. The molecule has 0 fully saturated rings. The summed E-state index contributed by atoms with van der Waals surface area (Å²) in [6.45, 7) is 6.55. The Bertz CT molecular complexity index is 423. The van der Waals surface area contributed by atoms with Gasteiger partial charge in [0.25, 0.3) is 5.91 Å². The fourth-order valence-electron chi connectivity index (χ4n) is 1.56. The van der Waals surface area contributed by atoms with Gasteiger partial charge in [0.2, 0.25) is 0 Å². The van der Waals surface area contributed by atoms with Crippen LogP contribution in [-0.2, 0) is 14.3 Å². The number of hydrogen-bond acceptors (Lipinski definition) is 5. The third-order valence-electron chi connectivity index (χ3n) is 2.33. The first-order valence-corrected chi connectivity index (χ1v) is 6.94. The van der Waals surface area contributed by atoms with Gasteiger partial charge in [0.15, 0.2) is 6.61 Å². The zero-order valence-electron chi connectivity index (χ0n) is 13.3. The van der Waals surface area contributed by atoms with Crippen molar-refractivity contribution in [1.82, 2.24) is 16.0 Å². The maximum atomic E-state index is 11.8. The van der Waals surface area contributed by atoms with Gasteiger partial charge in [-0.05, 0) is 26.2 Å².